The van der Waals surface area contributed by atoms with Gasteiger partial charge in [-0.05, 0) is 191 Å². The quantitative estimate of drug-likeness (QED) is 0.0857. The summed E-state index contributed by atoms with van der Waals surface area (Å²) in [5.74, 6) is 0.638. The fraction of sp³-hybridized carbons (Fsp3) is 0.0566. The normalized spacial score (nSPS) is 13.0. The fourth-order valence-corrected chi connectivity index (χ4v) is 17.0. The van der Waals surface area contributed by atoms with Gasteiger partial charge >= 0.3 is 7.12 Å². The van der Waals surface area contributed by atoms with Gasteiger partial charge in [-0.1, -0.05) is 200 Å². The average Bonchev–Trinajstić information content (AvgIpc) is 1.57. The molecule has 0 bridgehead atoms. The second kappa shape index (κ2) is 31.0. The molecule has 582 valence electrons. The van der Waals surface area contributed by atoms with Crippen LogP contribution >= 0.6 is 11.6 Å². The molecule has 23 rings (SSSR count). The Morgan fingerprint density at radius 3 is 1.13 bits per heavy atom. The topological polar surface area (TPSA) is 141 Å². The van der Waals surface area contributed by atoms with Crippen molar-refractivity contribution in [2.24, 2.45) is 0 Å². The van der Waals surface area contributed by atoms with E-state index in [1.165, 1.54) is 59.9 Å². The van der Waals surface area contributed by atoms with Crippen LogP contribution in [0.3, 0.4) is 0 Å². The molecule has 14 nitrogen and oxygen atoms in total. The molecule has 0 unspecified atom stereocenters. The van der Waals surface area contributed by atoms with Crippen molar-refractivity contribution in [3.05, 3.63) is 394 Å². The zero-order valence-corrected chi connectivity index (χ0v) is 67.8. The lowest BCUT2D eigenvalue weighted by Gasteiger charge is -2.32. The number of halogens is 1. The number of benzene rings is 12. The zero-order chi connectivity index (χ0) is 82.0. The van der Waals surface area contributed by atoms with E-state index in [4.69, 9.17) is 40.8 Å². The number of fused-ring (bicyclic) bond motifs is 12. The van der Waals surface area contributed by atoms with Gasteiger partial charge in [-0.3, -0.25) is 19.9 Å². The molecule has 0 atom stereocenters. The first-order valence-corrected chi connectivity index (χ1v) is 41.2. The molecule has 11 heterocycles. The van der Waals surface area contributed by atoms with E-state index in [2.05, 4.69) is 327 Å². The van der Waals surface area contributed by atoms with Gasteiger partial charge in [0.05, 0.1) is 89.5 Å². The minimum Gasteiger partial charge on any atom is -0.399 e. The van der Waals surface area contributed by atoms with Gasteiger partial charge in [0, 0.05) is 147 Å². The van der Waals surface area contributed by atoms with Crippen molar-refractivity contribution in [2.75, 3.05) is 0 Å². The van der Waals surface area contributed by atoms with Crippen molar-refractivity contribution in [1.29, 1.82) is 0 Å². The molecule has 0 amide bonds. The molecule has 1 aliphatic heterocycles. The number of rotatable bonds is 12. The van der Waals surface area contributed by atoms with Crippen molar-refractivity contribution >= 4 is 111 Å². The molecule has 10 aromatic heterocycles. The first-order chi connectivity index (χ1) is 59.9. The van der Waals surface area contributed by atoms with Crippen molar-refractivity contribution in [1.82, 2.24) is 58.1 Å². The van der Waals surface area contributed by atoms with Gasteiger partial charge < -0.3 is 27.6 Å². The van der Waals surface area contributed by atoms with Gasteiger partial charge in [-0.15, -0.1) is 0 Å². The van der Waals surface area contributed by atoms with Gasteiger partial charge in [0.25, 0.3) is 0 Å². The highest BCUT2D eigenvalue weighted by molar-refractivity contribution is 6.62. The maximum absolute atomic E-state index is 6.24. The van der Waals surface area contributed by atoms with Crippen LogP contribution in [0.15, 0.2) is 389 Å². The van der Waals surface area contributed by atoms with Crippen molar-refractivity contribution in [2.45, 2.75) is 38.9 Å². The Bertz CT molecular complexity index is 7650. The Morgan fingerprint density at radius 1 is 0.287 bits per heavy atom. The summed E-state index contributed by atoms with van der Waals surface area (Å²) in [5.41, 5.74) is 26.0. The van der Waals surface area contributed by atoms with Crippen LogP contribution in [0.4, 0.5) is 0 Å². The molecule has 0 saturated carbocycles. The number of aromatic nitrogens is 12. The molecule has 0 N–H and O–H groups in total. The Morgan fingerprint density at radius 2 is 0.680 bits per heavy atom. The molecule has 0 radical (unpaired) electrons. The Labute approximate surface area is 709 Å². The molecule has 16 heteroatoms. The van der Waals surface area contributed by atoms with E-state index in [9.17, 15) is 0 Å². The number of pyridine rings is 4. The van der Waals surface area contributed by atoms with Crippen LogP contribution in [0, 0.1) is 0 Å². The van der Waals surface area contributed by atoms with Crippen molar-refractivity contribution in [3.63, 3.8) is 0 Å². The van der Waals surface area contributed by atoms with E-state index in [-0.39, 0.29) is 16.5 Å². The largest absolute Gasteiger partial charge is 0.496 e. The summed E-state index contributed by atoms with van der Waals surface area (Å²) in [4.78, 5) is 37.5. The smallest absolute Gasteiger partial charge is 0.399 e. The number of hydrogen-bond donors (Lipinski definition) is 0. The third-order valence-corrected chi connectivity index (χ3v) is 23.8. The maximum atomic E-state index is 6.24. The summed E-state index contributed by atoms with van der Waals surface area (Å²) in [7, 11) is -0.427. The molecule has 1 fully saturated rings. The van der Waals surface area contributed by atoms with Gasteiger partial charge in [0.15, 0.2) is 5.82 Å². The summed E-state index contributed by atoms with van der Waals surface area (Å²) in [5, 5.41) is 9.46. The molecule has 0 aliphatic carbocycles. The highest BCUT2D eigenvalue weighted by Gasteiger charge is 2.52. The number of para-hydroxylation sites is 6. The summed E-state index contributed by atoms with van der Waals surface area (Å²) >= 11 is 6.07. The van der Waals surface area contributed by atoms with Crippen LogP contribution in [-0.2, 0) is 9.31 Å². The monoisotopic (exact) mass is 1590 g/mol. The van der Waals surface area contributed by atoms with Gasteiger partial charge in [0.1, 0.15) is 0 Å². The lowest BCUT2D eigenvalue weighted by Crippen LogP contribution is -2.41. The van der Waals surface area contributed by atoms with Gasteiger partial charge in [-0.2, -0.15) is 0 Å². The van der Waals surface area contributed by atoms with E-state index in [0.29, 0.717) is 5.82 Å². The summed E-state index contributed by atoms with van der Waals surface area (Å²) in [6, 6.07) is 122. The maximum Gasteiger partial charge on any atom is 0.496 e. The van der Waals surface area contributed by atoms with E-state index >= 15 is 0 Å². The molecule has 0 spiro atoms. The first kappa shape index (κ1) is 74.4. The zero-order valence-electron chi connectivity index (χ0n) is 67.1. The molecule has 122 heavy (non-hydrogen) atoms. The number of hydrogen-bond acceptors (Lipinski definition) is 10. The van der Waals surface area contributed by atoms with E-state index in [1.54, 1.807) is 6.20 Å². The second-order valence-corrected chi connectivity index (χ2v) is 31.8. The van der Waals surface area contributed by atoms with Crippen LogP contribution in [-0.4, -0.2) is 76.5 Å². The second-order valence-electron chi connectivity index (χ2n) is 31.5. The molecule has 1 aliphatic rings. The van der Waals surface area contributed by atoms with E-state index in [0.717, 1.165) is 129 Å². The Kier molecular flexibility index (Phi) is 18.9. The predicted molar refractivity (Wildman–Crippen MR) is 498 cm³/mol. The van der Waals surface area contributed by atoms with Crippen molar-refractivity contribution in [3.8, 4) is 102 Å². The van der Waals surface area contributed by atoms with Crippen LogP contribution in [0.2, 0.25) is 5.28 Å². The lowest BCUT2D eigenvalue weighted by atomic mass is 9.80. The third kappa shape index (κ3) is 13.7. The van der Waals surface area contributed by atoms with Crippen LogP contribution < -0.4 is 5.46 Å². The van der Waals surface area contributed by atoms with Gasteiger partial charge in [0.2, 0.25) is 5.28 Å². The molecule has 22 aromatic rings. The lowest BCUT2D eigenvalue weighted by molar-refractivity contribution is 0.00578. The van der Waals surface area contributed by atoms with Crippen LogP contribution in [0.1, 0.15) is 27.7 Å². The minimum atomic E-state index is -0.427. The minimum absolute atomic E-state index is 0.257. The molecule has 1 saturated heterocycles. The Hall–Kier alpha value is -15.1. The average molecular weight is 1600 g/mol. The third-order valence-electron chi connectivity index (χ3n) is 23.6. The van der Waals surface area contributed by atoms with Crippen LogP contribution in [0.5, 0.6) is 0 Å². The van der Waals surface area contributed by atoms with E-state index in [1.807, 2.05) is 122 Å². The molecule has 12 aromatic carbocycles. The SMILES string of the molecule is CC1(C)OB(c2ccc(-c3ccc4c(c3)c3ccc5c(ccn5-c5ccccc5)c3n4-c3ccccc3)nc2)OC1(C)C.Clc1nc(-c2ccc(-c3ccccn3)cc2)c2ccccc2n1.c1ccc(-n2ccc3c2ccc2c4cc(-c5ccc(-c6nc(-c7ccc(-c8ccccn8)cc7)c7ccccc7n6)cn5)ccc4n(-c4ccccc4)c23)cc1. The van der Waals surface area contributed by atoms with Crippen molar-refractivity contribution < 1.29 is 9.31 Å². The predicted octanol–water partition coefficient (Wildman–Crippen LogP) is 25.2. The van der Waals surface area contributed by atoms with E-state index < -0.39 is 7.12 Å². The highest BCUT2D eigenvalue weighted by Crippen LogP contribution is 2.44. The highest BCUT2D eigenvalue weighted by atomic mass is 35.5. The molecular formula is C106H76BClN12O2. The summed E-state index contributed by atoms with van der Waals surface area (Å²) in [6.07, 6.45) is 11.7. The molecular weight excluding hydrogens is 1520 g/mol. The Balaban J connectivity index is 0.000000122. The fourth-order valence-electron chi connectivity index (χ4n) is 16.8. The number of nitrogens with zero attached hydrogens (tertiary/aromatic N) is 12. The van der Waals surface area contributed by atoms with Crippen LogP contribution in [0.25, 0.3) is 189 Å². The standard InChI is InChI=1S/C50H32N6.C37H32BN3O2.C19H12ClN3/c1-3-11-37(12-4-1)55-30-28-41-46(55)27-24-39-42-31-35(23-26-47(42)56(49(39)41)38-13-5-2-6-14-38)44-25-22-36(32-52-44)50-53-45-17-8-7-15-40(45)48(54-50)34-20-18-33(19-21-34)43-16-9-10-29-51-43;1-36(2)37(3,4)43-38(42-36)26-16-18-32(39-24-26)25-15-19-34-31(23-25)29-17-20-33-30(21-22-40(33)27-11-7-5-8-12-27)35(29)41(34)28-13-9-6-10-14-28;20-19-22-17-7-2-1-5-15(17)18(23-19)14-10-8-13(9-11-14)16-6-3-4-12-21-16/h1-32H;5-24H,1-4H3;1-12H. The summed E-state index contributed by atoms with van der Waals surface area (Å²) in [6.45, 7) is 8.28. The summed E-state index contributed by atoms with van der Waals surface area (Å²) < 4.78 is 21.8. The first-order valence-electron chi connectivity index (χ1n) is 40.8. The van der Waals surface area contributed by atoms with Gasteiger partial charge in [-0.25, -0.2) is 19.9 Å².